The molecule has 1 aromatic heterocycles. The zero-order valence-electron chi connectivity index (χ0n) is 11.5. The predicted molar refractivity (Wildman–Crippen MR) is 80.3 cm³/mol. The molecule has 4 nitrogen and oxygen atoms in total. The molecule has 3 N–H and O–H groups in total. The van der Waals surface area contributed by atoms with Crippen molar-refractivity contribution in [3.8, 4) is 0 Å². The Bertz CT molecular complexity index is 569. The second-order valence-corrected chi connectivity index (χ2v) is 4.81. The molecule has 0 aliphatic heterocycles. The van der Waals surface area contributed by atoms with Gasteiger partial charge in [-0.05, 0) is 37.5 Å². The second-order valence-electron chi connectivity index (χ2n) is 4.81. The summed E-state index contributed by atoms with van der Waals surface area (Å²) >= 11 is 0. The summed E-state index contributed by atoms with van der Waals surface area (Å²) in [4.78, 5) is 16.1. The first-order chi connectivity index (χ1) is 9.65. The van der Waals surface area contributed by atoms with Gasteiger partial charge >= 0.3 is 0 Å². The summed E-state index contributed by atoms with van der Waals surface area (Å²) in [7, 11) is 0. The number of benzene rings is 1. The van der Waals surface area contributed by atoms with Gasteiger partial charge in [-0.25, -0.2) is 0 Å². The number of carbonyl (C=O) groups is 1. The maximum atomic E-state index is 12.0. The molecular formula is C16H19N3O. The average molecular weight is 269 g/mol. The van der Waals surface area contributed by atoms with Gasteiger partial charge in [0.1, 0.15) is 0 Å². The Morgan fingerprint density at radius 3 is 2.75 bits per heavy atom. The summed E-state index contributed by atoms with van der Waals surface area (Å²) in [5.74, 6) is -0.161. The lowest BCUT2D eigenvalue weighted by molar-refractivity contribution is -0.117. The third kappa shape index (κ3) is 4.17. The van der Waals surface area contributed by atoms with E-state index in [1.165, 1.54) is 5.56 Å². The van der Waals surface area contributed by atoms with Gasteiger partial charge in [0.05, 0.1) is 6.04 Å². The van der Waals surface area contributed by atoms with E-state index in [1.54, 1.807) is 12.3 Å². The fraction of sp³-hybridized carbons (Fsp3) is 0.250. The van der Waals surface area contributed by atoms with Crippen LogP contribution in [-0.4, -0.2) is 16.9 Å². The van der Waals surface area contributed by atoms with Gasteiger partial charge in [0.25, 0.3) is 0 Å². The van der Waals surface area contributed by atoms with Gasteiger partial charge in [-0.1, -0.05) is 30.3 Å². The standard InChI is InChI=1S/C16H19N3O/c1-12-11-14(9-10-18-12)19-16(20)15(17)8-7-13-5-3-2-4-6-13/h2-6,9-11,15H,7-8,17H2,1H3,(H,18,19,20). The third-order valence-electron chi connectivity index (χ3n) is 3.09. The molecule has 1 unspecified atom stereocenters. The largest absolute Gasteiger partial charge is 0.325 e. The lowest BCUT2D eigenvalue weighted by Gasteiger charge is -2.12. The van der Waals surface area contributed by atoms with Gasteiger partial charge in [0.2, 0.25) is 5.91 Å². The van der Waals surface area contributed by atoms with Crippen molar-refractivity contribution in [3.05, 3.63) is 59.9 Å². The number of nitrogens with zero attached hydrogens (tertiary/aromatic N) is 1. The number of carbonyl (C=O) groups excluding carboxylic acids is 1. The minimum Gasteiger partial charge on any atom is -0.325 e. The molecule has 1 amide bonds. The van der Waals surface area contributed by atoms with Crippen molar-refractivity contribution in [2.45, 2.75) is 25.8 Å². The highest BCUT2D eigenvalue weighted by atomic mass is 16.2. The van der Waals surface area contributed by atoms with Crippen LogP contribution in [0.15, 0.2) is 48.7 Å². The number of aromatic nitrogens is 1. The molecule has 1 atom stereocenters. The van der Waals surface area contributed by atoms with Gasteiger partial charge in [0.15, 0.2) is 0 Å². The second kappa shape index (κ2) is 6.82. The van der Waals surface area contributed by atoms with E-state index in [-0.39, 0.29) is 5.91 Å². The summed E-state index contributed by atoms with van der Waals surface area (Å²) in [6.45, 7) is 1.88. The minimum absolute atomic E-state index is 0.161. The summed E-state index contributed by atoms with van der Waals surface area (Å²) < 4.78 is 0. The molecule has 104 valence electrons. The lowest BCUT2D eigenvalue weighted by atomic mass is 10.1. The molecule has 0 aliphatic carbocycles. The zero-order chi connectivity index (χ0) is 14.4. The maximum absolute atomic E-state index is 12.0. The number of hydrogen-bond acceptors (Lipinski definition) is 3. The number of nitrogens with two attached hydrogens (primary N) is 1. The molecule has 4 heteroatoms. The Balaban J connectivity index is 1.86. The van der Waals surface area contributed by atoms with Crippen molar-refractivity contribution >= 4 is 11.6 Å². The highest BCUT2D eigenvalue weighted by Gasteiger charge is 2.13. The summed E-state index contributed by atoms with van der Waals surface area (Å²) in [5, 5.41) is 2.81. The van der Waals surface area contributed by atoms with Gasteiger partial charge < -0.3 is 11.1 Å². The number of pyridine rings is 1. The molecule has 0 radical (unpaired) electrons. The molecule has 1 heterocycles. The Kier molecular flexibility index (Phi) is 4.85. The fourth-order valence-corrected chi connectivity index (χ4v) is 1.96. The third-order valence-corrected chi connectivity index (χ3v) is 3.09. The molecule has 0 aliphatic rings. The van der Waals surface area contributed by atoms with Crippen molar-refractivity contribution < 1.29 is 4.79 Å². The topological polar surface area (TPSA) is 68.0 Å². The van der Waals surface area contributed by atoms with Crippen LogP contribution in [-0.2, 0) is 11.2 Å². The maximum Gasteiger partial charge on any atom is 0.241 e. The Hall–Kier alpha value is -2.20. The van der Waals surface area contributed by atoms with Gasteiger partial charge in [-0.15, -0.1) is 0 Å². The quantitative estimate of drug-likeness (QED) is 0.875. The number of aryl methyl sites for hydroxylation is 2. The van der Waals surface area contributed by atoms with Crippen LogP contribution in [0.25, 0.3) is 0 Å². The van der Waals surface area contributed by atoms with E-state index in [0.29, 0.717) is 6.42 Å². The van der Waals surface area contributed by atoms with Crippen molar-refractivity contribution in [1.29, 1.82) is 0 Å². The molecule has 0 saturated carbocycles. The molecule has 0 fully saturated rings. The fourth-order valence-electron chi connectivity index (χ4n) is 1.96. The molecule has 0 spiro atoms. The molecule has 2 rings (SSSR count). The van der Waals surface area contributed by atoms with E-state index >= 15 is 0 Å². The van der Waals surface area contributed by atoms with Crippen LogP contribution in [0.2, 0.25) is 0 Å². The first-order valence-electron chi connectivity index (χ1n) is 6.68. The van der Waals surface area contributed by atoms with Crippen LogP contribution in [0, 0.1) is 6.92 Å². The van der Waals surface area contributed by atoms with Crippen LogP contribution >= 0.6 is 0 Å². The molecule has 0 bridgehead atoms. The first kappa shape index (κ1) is 14.2. The number of hydrogen-bond donors (Lipinski definition) is 2. The van der Waals surface area contributed by atoms with E-state index in [2.05, 4.69) is 10.3 Å². The van der Waals surface area contributed by atoms with Gasteiger partial charge in [0, 0.05) is 17.6 Å². The average Bonchev–Trinajstić information content (AvgIpc) is 2.46. The van der Waals surface area contributed by atoms with E-state index < -0.39 is 6.04 Å². The van der Waals surface area contributed by atoms with E-state index in [1.807, 2.05) is 43.3 Å². The number of nitrogens with one attached hydrogen (secondary N) is 1. The number of rotatable bonds is 5. The molecular weight excluding hydrogens is 250 g/mol. The Morgan fingerprint density at radius 1 is 1.30 bits per heavy atom. The van der Waals surface area contributed by atoms with Crippen molar-refractivity contribution in [2.75, 3.05) is 5.32 Å². The smallest absolute Gasteiger partial charge is 0.241 e. The summed E-state index contributed by atoms with van der Waals surface area (Å²) in [5.41, 5.74) is 8.71. The minimum atomic E-state index is -0.510. The van der Waals surface area contributed by atoms with Gasteiger partial charge in [-0.2, -0.15) is 0 Å². The van der Waals surface area contributed by atoms with Crippen LogP contribution in [0.1, 0.15) is 17.7 Å². The Labute approximate surface area is 119 Å². The summed E-state index contributed by atoms with van der Waals surface area (Å²) in [6, 6.07) is 13.1. The van der Waals surface area contributed by atoms with Crippen LogP contribution in [0.3, 0.4) is 0 Å². The number of anilines is 1. The van der Waals surface area contributed by atoms with Gasteiger partial charge in [-0.3, -0.25) is 9.78 Å². The van der Waals surface area contributed by atoms with Crippen LogP contribution in [0.4, 0.5) is 5.69 Å². The Morgan fingerprint density at radius 2 is 2.05 bits per heavy atom. The van der Waals surface area contributed by atoms with Crippen molar-refractivity contribution in [3.63, 3.8) is 0 Å². The predicted octanol–water partition coefficient (Wildman–Crippen LogP) is 2.29. The molecule has 20 heavy (non-hydrogen) atoms. The summed E-state index contributed by atoms with van der Waals surface area (Å²) in [6.07, 6.45) is 3.09. The monoisotopic (exact) mass is 269 g/mol. The highest BCUT2D eigenvalue weighted by molar-refractivity contribution is 5.94. The van der Waals surface area contributed by atoms with Crippen LogP contribution in [0.5, 0.6) is 0 Å². The van der Waals surface area contributed by atoms with Crippen molar-refractivity contribution in [2.24, 2.45) is 5.73 Å². The number of amides is 1. The zero-order valence-corrected chi connectivity index (χ0v) is 11.5. The van der Waals surface area contributed by atoms with Crippen LogP contribution < -0.4 is 11.1 Å². The highest BCUT2D eigenvalue weighted by Crippen LogP contribution is 2.09. The molecule has 0 saturated heterocycles. The first-order valence-corrected chi connectivity index (χ1v) is 6.68. The van der Waals surface area contributed by atoms with E-state index in [0.717, 1.165) is 17.8 Å². The van der Waals surface area contributed by atoms with E-state index in [4.69, 9.17) is 5.73 Å². The molecule has 2 aromatic rings. The van der Waals surface area contributed by atoms with E-state index in [9.17, 15) is 4.79 Å². The molecule has 1 aromatic carbocycles. The normalized spacial score (nSPS) is 11.9. The SMILES string of the molecule is Cc1cc(NC(=O)C(N)CCc2ccccc2)ccn1. The lowest BCUT2D eigenvalue weighted by Crippen LogP contribution is -2.36. The van der Waals surface area contributed by atoms with Crippen molar-refractivity contribution in [1.82, 2.24) is 4.98 Å².